The number of fused-ring (bicyclic) bond motifs is 1. The molecule has 0 aliphatic carbocycles. The maximum absolute atomic E-state index is 10.5. The second-order valence-electron chi connectivity index (χ2n) is 3.55. The summed E-state index contributed by atoms with van der Waals surface area (Å²) in [5, 5.41) is 8.62. The van der Waals surface area contributed by atoms with Gasteiger partial charge in [-0.2, -0.15) is 0 Å². The second kappa shape index (κ2) is 3.81. The van der Waals surface area contributed by atoms with E-state index in [2.05, 4.69) is 0 Å². The largest absolute Gasteiger partial charge is 0.481 e. The van der Waals surface area contributed by atoms with E-state index >= 15 is 0 Å². The summed E-state index contributed by atoms with van der Waals surface area (Å²) in [5.41, 5.74) is 1.96. The van der Waals surface area contributed by atoms with E-state index in [1.165, 1.54) is 0 Å². The van der Waals surface area contributed by atoms with E-state index in [-0.39, 0.29) is 13.2 Å². The number of carboxylic acid groups (broad SMARTS) is 1. The zero-order valence-electron chi connectivity index (χ0n) is 8.45. The summed E-state index contributed by atoms with van der Waals surface area (Å²) < 4.78 is 10.6. The van der Waals surface area contributed by atoms with Crippen LogP contribution in [0.15, 0.2) is 12.1 Å². The molecule has 0 radical (unpaired) electrons. The molecule has 4 nitrogen and oxygen atoms in total. The minimum Gasteiger partial charge on any atom is -0.481 e. The van der Waals surface area contributed by atoms with Crippen LogP contribution < -0.4 is 9.47 Å². The van der Waals surface area contributed by atoms with Gasteiger partial charge in [0.05, 0.1) is 0 Å². The van der Waals surface area contributed by atoms with Crippen LogP contribution in [0.5, 0.6) is 11.5 Å². The maximum Gasteiger partial charge on any atom is 0.303 e. The lowest BCUT2D eigenvalue weighted by Gasteiger charge is -2.05. The molecule has 0 unspecified atom stereocenters. The summed E-state index contributed by atoms with van der Waals surface area (Å²) in [6.07, 6.45) is 0.585. The summed E-state index contributed by atoms with van der Waals surface area (Å²) >= 11 is 0. The molecule has 1 aliphatic heterocycles. The van der Waals surface area contributed by atoms with Crippen LogP contribution in [0, 0.1) is 6.92 Å². The minimum absolute atomic E-state index is 0.110. The monoisotopic (exact) mass is 208 g/mol. The summed E-state index contributed by atoms with van der Waals surface area (Å²) in [6, 6.07) is 3.84. The molecule has 0 aromatic heterocycles. The predicted octanol–water partition coefficient (Wildman–Crippen LogP) is 1.74. The molecule has 0 spiro atoms. The van der Waals surface area contributed by atoms with Crippen molar-refractivity contribution in [2.75, 3.05) is 6.79 Å². The Morgan fingerprint density at radius 1 is 1.47 bits per heavy atom. The van der Waals surface area contributed by atoms with Crippen molar-refractivity contribution < 1.29 is 19.4 Å². The molecule has 4 heteroatoms. The van der Waals surface area contributed by atoms with Crippen molar-refractivity contribution in [1.82, 2.24) is 0 Å². The molecule has 1 N–H and O–H groups in total. The predicted molar refractivity (Wildman–Crippen MR) is 53.3 cm³/mol. The van der Waals surface area contributed by atoms with E-state index in [4.69, 9.17) is 14.6 Å². The molecule has 15 heavy (non-hydrogen) atoms. The van der Waals surface area contributed by atoms with Gasteiger partial charge >= 0.3 is 5.97 Å². The van der Waals surface area contributed by atoms with Gasteiger partial charge in [-0.3, -0.25) is 4.79 Å². The van der Waals surface area contributed by atoms with E-state index < -0.39 is 5.97 Å². The first-order chi connectivity index (χ1) is 7.16. The number of hydrogen-bond donors (Lipinski definition) is 1. The van der Waals surface area contributed by atoms with Crippen LogP contribution in [0.1, 0.15) is 17.5 Å². The molecular formula is C11H12O4. The molecular weight excluding hydrogens is 196 g/mol. The second-order valence-corrected chi connectivity index (χ2v) is 3.55. The number of benzene rings is 1. The van der Waals surface area contributed by atoms with Gasteiger partial charge in [-0.05, 0) is 30.5 Å². The van der Waals surface area contributed by atoms with Crippen LogP contribution in [0.25, 0.3) is 0 Å². The van der Waals surface area contributed by atoms with Gasteiger partial charge in [0, 0.05) is 6.42 Å². The summed E-state index contributed by atoms with van der Waals surface area (Å²) in [6.45, 7) is 2.17. The van der Waals surface area contributed by atoms with E-state index in [0.717, 1.165) is 16.9 Å². The Morgan fingerprint density at radius 2 is 2.27 bits per heavy atom. The van der Waals surface area contributed by atoms with E-state index in [1.54, 1.807) is 0 Å². The molecule has 1 heterocycles. The molecule has 1 aromatic rings. The highest BCUT2D eigenvalue weighted by molar-refractivity contribution is 5.67. The molecule has 0 amide bonds. The number of aryl methyl sites for hydroxylation is 2. The molecule has 1 aromatic carbocycles. The molecule has 0 saturated heterocycles. The highest BCUT2D eigenvalue weighted by atomic mass is 16.7. The first kappa shape index (κ1) is 9.83. The summed E-state index contributed by atoms with van der Waals surface area (Å²) in [7, 11) is 0. The third-order valence-corrected chi connectivity index (χ3v) is 2.30. The van der Waals surface area contributed by atoms with E-state index in [9.17, 15) is 4.79 Å². The van der Waals surface area contributed by atoms with Gasteiger partial charge in [-0.1, -0.05) is 6.07 Å². The van der Waals surface area contributed by atoms with Crippen molar-refractivity contribution in [3.8, 4) is 11.5 Å². The van der Waals surface area contributed by atoms with Crippen molar-refractivity contribution >= 4 is 5.97 Å². The molecule has 0 fully saturated rings. The topological polar surface area (TPSA) is 55.8 Å². The number of aliphatic carboxylic acids is 1. The normalized spacial score (nSPS) is 12.9. The highest BCUT2D eigenvalue weighted by Gasteiger charge is 2.18. The van der Waals surface area contributed by atoms with Crippen molar-refractivity contribution in [3.05, 3.63) is 23.3 Å². The van der Waals surface area contributed by atoms with Gasteiger partial charge < -0.3 is 14.6 Å². The molecule has 0 saturated carbocycles. The third kappa shape index (κ3) is 2.03. The minimum atomic E-state index is -0.802. The summed E-state index contributed by atoms with van der Waals surface area (Å²) in [4.78, 5) is 10.5. The lowest BCUT2D eigenvalue weighted by Crippen LogP contribution is -1.99. The van der Waals surface area contributed by atoms with Gasteiger partial charge in [0.25, 0.3) is 0 Å². The standard InChI is InChI=1S/C11H12O4/c1-7-4-8(2-3-10(12)13)11-9(5-7)14-6-15-11/h4-5H,2-3,6H2,1H3,(H,12,13). The smallest absolute Gasteiger partial charge is 0.303 e. The Balaban J connectivity index is 2.26. The van der Waals surface area contributed by atoms with Crippen molar-refractivity contribution in [1.29, 1.82) is 0 Å². The fourth-order valence-corrected chi connectivity index (χ4v) is 1.66. The van der Waals surface area contributed by atoms with Gasteiger partial charge in [-0.25, -0.2) is 0 Å². The Labute approximate surface area is 87.4 Å². The van der Waals surface area contributed by atoms with Gasteiger partial charge in [-0.15, -0.1) is 0 Å². The lowest BCUT2D eigenvalue weighted by atomic mass is 10.1. The van der Waals surface area contributed by atoms with Crippen LogP contribution in [-0.4, -0.2) is 17.9 Å². The number of rotatable bonds is 3. The van der Waals surface area contributed by atoms with Crippen molar-refractivity contribution in [2.24, 2.45) is 0 Å². The average molecular weight is 208 g/mol. The van der Waals surface area contributed by atoms with Crippen LogP contribution >= 0.6 is 0 Å². The zero-order chi connectivity index (χ0) is 10.8. The van der Waals surface area contributed by atoms with Crippen LogP contribution in [0.4, 0.5) is 0 Å². The Morgan fingerprint density at radius 3 is 3.00 bits per heavy atom. The van der Waals surface area contributed by atoms with E-state index in [0.29, 0.717) is 12.2 Å². The first-order valence-corrected chi connectivity index (χ1v) is 4.78. The number of hydrogen-bond acceptors (Lipinski definition) is 3. The van der Waals surface area contributed by atoms with Gasteiger partial charge in [0.1, 0.15) is 0 Å². The summed E-state index contributed by atoms with van der Waals surface area (Å²) in [5.74, 6) is 0.612. The molecule has 1 aliphatic rings. The van der Waals surface area contributed by atoms with Crippen molar-refractivity contribution in [2.45, 2.75) is 19.8 Å². The third-order valence-electron chi connectivity index (χ3n) is 2.30. The molecule has 2 rings (SSSR count). The SMILES string of the molecule is Cc1cc(CCC(=O)O)c2c(c1)OCO2. The van der Waals surface area contributed by atoms with Gasteiger partial charge in [0.2, 0.25) is 6.79 Å². The Kier molecular flexibility index (Phi) is 2.49. The van der Waals surface area contributed by atoms with Crippen LogP contribution in [0.2, 0.25) is 0 Å². The van der Waals surface area contributed by atoms with Crippen molar-refractivity contribution in [3.63, 3.8) is 0 Å². The number of carboxylic acids is 1. The highest BCUT2D eigenvalue weighted by Crippen LogP contribution is 2.37. The van der Waals surface area contributed by atoms with E-state index in [1.807, 2.05) is 19.1 Å². The zero-order valence-corrected chi connectivity index (χ0v) is 8.45. The molecule has 80 valence electrons. The van der Waals surface area contributed by atoms with Crippen LogP contribution in [0.3, 0.4) is 0 Å². The molecule has 0 bridgehead atoms. The average Bonchev–Trinajstić information content (AvgIpc) is 2.61. The quantitative estimate of drug-likeness (QED) is 0.822. The number of ether oxygens (including phenoxy) is 2. The first-order valence-electron chi connectivity index (χ1n) is 4.78. The number of carbonyl (C=O) groups is 1. The Hall–Kier alpha value is -1.71. The van der Waals surface area contributed by atoms with Crippen LogP contribution in [-0.2, 0) is 11.2 Å². The lowest BCUT2D eigenvalue weighted by molar-refractivity contribution is -0.136. The Bertz CT molecular complexity index is 398. The van der Waals surface area contributed by atoms with Gasteiger partial charge in [0.15, 0.2) is 11.5 Å². The maximum atomic E-state index is 10.5. The fourth-order valence-electron chi connectivity index (χ4n) is 1.66. The molecule has 0 atom stereocenters. The fraction of sp³-hybridized carbons (Fsp3) is 0.364.